The topological polar surface area (TPSA) is 110 Å². The number of carbonyl (C=O) groups is 2. The number of anilines is 1. The fraction of sp³-hybridized carbons (Fsp3) is 0.222. The molecule has 0 fully saturated rings. The highest BCUT2D eigenvalue weighted by molar-refractivity contribution is 5.93. The van der Waals surface area contributed by atoms with Crippen molar-refractivity contribution >= 4 is 17.6 Å². The molecule has 0 amide bonds. The van der Waals surface area contributed by atoms with Crippen LogP contribution in [0.15, 0.2) is 48.5 Å². The van der Waals surface area contributed by atoms with Gasteiger partial charge >= 0.3 is 11.9 Å². The van der Waals surface area contributed by atoms with E-state index in [0.717, 1.165) is 5.56 Å². The lowest BCUT2D eigenvalue weighted by molar-refractivity contribution is -0.159. The number of carbonyl (C=O) groups excluding carboxylic acids is 1. The number of hydrogen-bond donors (Lipinski definition) is 3. The minimum absolute atomic E-state index is 0.0139. The smallest absolute Gasteiger partial charge is 0.320 e. The summed E-state index contributed by atoms with van der Waals surface area (Å²) in [5, 5.41) is 19.1. The first-order valence-corrected chi connectivity index (χ1v) is 7.48. The van der Waals surface area contributed by atoms with Crippen LogP contribution in [0.2, 0.25) is 0 Å². The molecule has 0 saturated heterocycles. The van der Waals surface area contributed by atoms with Gasteiger partial charge in [-0.2, -0.15) is 0 Å². The summed E-state index contributed by atoms with van der Waals surface area (Å²) in [6.07, 6.45) is 0.217. The van der Waals surface area contributed by atoms with Gasteiger partial charge in [-0.25, -0.2) is 0 Å². The zero-order chi connectivity index (χ0) is 17.5. The summed E-state index contributed by atoms with van der Waals surface area (Å²) >= 11 is 0. The number of benzene rings is 2. The average Bonchev–Trinajstić information content (AvgIpc) is 2.57. The van der Waals surface area contributed by atoms with Gasteiger partial charge in [0.25, 0.3) is 0 Å². The van der Waals surface area contributed by atoms with Crippen LogP contribution < -0.4 is 5.73 Å². The van der Waals surface area contributed by atoms with E-state index in [9.17, 15) is 19.8 Å². The number of carboxylic acids is 1. The Morgan fingerprint density at radius 1 is 1.08 bits per heavy atom. The molecular formula is C18H19NO5. The standard InChI is InChI=1S/C18H19NO5/c19-15-8-4-7-13(16(15)20)9-10-14(17(21)22)18(23)24-11-12-5-2-1-3-6-12/h1-8,14,20H,9-11,19H2,(H,21,22). The highest BCUT2D eigenvalue weighted by atomic mass is 16.5. The van der Waals surface area contributed by atoms with E-state index in [4.69, 9.17) is 10.5 Å². The maximum absolute atomic E-state index is 12.0. The van der Waals surface area contributed by atoms with E-state index < -0.39 is 17.9 Å². The molecule has 0 saturated carbocycles. The van der Waals surface area contributed by atoms with Crippen molar-refractivity contribution in [2.24, 2.45) is 5.92 Å². The number of carboxylic acid groups (broad SMARTS) is 1. The first-order valence-electron chi connectivity index (χ1n) is 7.48. The summed E-state index contributed by atoms with van der Waals surface area (Å²) in [7, 11) is 0. The number of rotatable bonds is 7. The van der Waals surface area contributed by atoms with Crippen molar-refractivity contribution in [3.8, 4) is 5.75 Å². The molecule has 2 aromatic carbocycles. The van der Waals surface area contributed by atoms with Gasteiger partial charge < -0.3 is 20.7 Å². The lowest BCUT2D eigenvalue weighted by atomic mass is 9.98. The predicted molar refractivity (Wildman–Crippen MR) is 88.2 cm³/mol. The Morgan fingerprint density at radius 3 is 2.46 bits per heavy atom. The third-order valence-corrected chi connectivity index (χ3v) is 3.66. The Kier molecular flexibility index (Phi) is 5.78. The average molecular weight is 329 g/mol. The number of esters is 1. The van der Waals surface area contributed by atoms with Crippen LogP contribution in [0.3, 0.4) is 0 Å². The van der Waals surface area contributed by atoms with Gasteiger partial charge in [0.2, 0.25) is 0 Å². The number of aryl methyl sites for hydroxylation is 1. The highest BCUT2D eigenvalue weighted by Crippen LogP contribution is 2.26. The number of para-hydroxylation sites is 1. The molecule has 0 aliphatic carbocycles. The number of phenols is 1. The molecular weight excluding hydrogens is 310 g/mol. The van der Waals surface area contributed by atoms with E-state index in [2.05, 4.69) is 0 Å². The Balaban J connectivity index is 1.97. The molecule has 24 heavy (non-hydrogen) atoms. The fourth-order valence-electron chi connectivity index (χ4n) is 2.28. The minimum Gasteiger partial charge on any atom is -0.506 e. The zero-order valence-electron chi connectivity index (χ0n) is 13.0. The second kappa shape index (κ2) is 8.01. The van der Waals surface area contributed by atoms with Crippen LogP contribution in [0.5, 0.6) is 5.75 Å². The monoisotopic (exact) mass is 329 g/mol. The molecule has 0 spiro atoms. The Bertz CT molecular complexity index is 715. The van der Waals surface area contributed by atoms with Crippen LogP contribution in [-0.2, 0) is 27.4 Å². The Hall–Kier alpha value is -3.02. The van der Waals surface area contributed by atoms with Crippen molar-refractivity contribution < 1.29 is 24.5 Å². The summed E-state index contributed by atoms with van der Waals surface area (Å²) in [5.41, 5.74) is 7.09. The number of nitrogens with two attached hydrogens (primary N) is 1. The van der Waals surface area contributed by atoms with Gasteiger partial charge in [0.1, 0.15) is 12.4 Å². The molecule has 126 valence electrons. The van der Waals surface area contributed by atoms with Gasteiger partial charge in [-0.05, 0) is 30.0 Å². The van der Waals surface area contributed by atoms with Gasteiger partial charge in [-0.1, -0.05) is 42.5 Å². The van der Waals surface area contributed by atoms with Crippen LogP contribution in [0.1, 0.15) is 17.5 Å². The second-order valence-electron chi connectivity index (χ2n) is 5.38. The lowest BCUT2D eigenvalue weighted by Crippen LogP contribution is -2.26. The summed E-state index contributed by atoms with van der Waals surface area (Å²) in [6.45, 7) is 0.0208. The van der Waals surface area contributed by atoms with Crippen molar-refractivity contribution in [2.45, 2.75) is 19.4 Å². The van der Waals surface area contributed by atoms with Gasteiger partial charge in [-0.15, -0.1) is 0 Å². The molecule has 0 heterocycles. The molecule has 0 aromatic heterocycles. The molecule has 4 N–H and O–H groups in total. The summed E-state index contributed by atoms with van der Waals surface area (Å²) in [6, 6.07) is 13.9. The number of ether oxygens (including phenoxy) is 1. The first kappa shape index (κ1) is 17.3. The molecule has 6 nitrogen and oxygen atoms in total. The molecule has 2 aromatic rings. The molecule has 0 aliphatic rings. The largest absolute Gasteiger partial charge is 0.506 e. The molecule has 1 atom stereocenters. The van der Waals surface area contributed by atoms with Gasteiger partial charge in [-0.3, -0.25) is 9.59 Å². The molecule has 6 heteroatoms. The van der Waals surface area contributed by atoms with E-state index in [1.165, 1.54) is 0 Å². The SMILES string of the molecule is Nc1cccc(CCC(C(=O)O)C(=O)OCc2ccccc2)c1O. The maximum Gasteiger partial charge on any atom is 0.320 e. The Morgan fingerprint density at radius 2 is 1.79 bits per heavy atom. The second-order valence-corrected chi connectivity index (χ2v) is 5.38. The van der Waals surface area contributed by atoms with Crippen LogP contribution >= 0.6 is 0 Å². The van der Waals surface area contributed by atoms with E-state index in [0.29, 0.717) is 5.56 Å². The van der Waals surface area contributed by atoms with E-state index >= 15 is 0 Å². The number of hydrogen-bond acceptors (Lipinski definition) is 5. The summed E-state index contributed by atoms with van der Waals surface area (Å²) in [4.78, 5) is 23.4. The predicted octanol–water partition coefficient (Wildman–Crippen LogP) is 2.35. The van der Waals surface area contributed by atoms with Gasteiger partial charge in [0, 0.05) is 0 Å². The Labute approximate surface area is 139 Å². The van der Waals surface area contributed by atoms with Gasteiger partial charge in [0.05, 0.1) is 5.69 Å². The quantitative estimate of drug-likeness (QED) is 0.311. The normalized spacial score (nSPS) is 11.7. The molecule has 2 rings (SSSR count). The number of nitrogen functional groups attached to an aromatic ring is 1. The highest BCUT2D eigenvalue weighted by Gasteiger charge is 2.28. The number of phenolic OH excluding ortho intramolecular Hbond substituents is 1. The minimum atomic E-state index is -1.30. The third-order valence-electron chi connectivity index (χ3n) is 3.66. The summed E-state index contributed by atoms with van der Waals surface area (Å²) in [5.74, 6) is -3.43. The number of aliphatic carboxylic acids is 1. The third kappa shape index (κ3) is 4.49. The molecule has 0 bridgehead atoms. The summed E-state index contributed by atoms with van der Waals surface area (Å²) < 4.78 is 5.09. The van der Waals surface area contributed by atoms with E-state index in [-0.39, 0.29) is 30.9 Å². The first-order chi connectivity index (χ1) is 11.5. The van der Waals surface area contributed by atoms with Crippen LogP contribution in [-0.4, -0.2) is 22.2 Å². The number of aromatic hydroxyl groups is 1. The van der Waals surface area contributed by atoms with Crippen molar-refractivity contribution in [3.63, 3.8) is 0 Å². The van der Waals surface area contributed by atoms with Crippen LogP contribution in [0, 0.1) is 5.92 Å². The van der Waals surface area contributed by atoms with E-state index in [1.807, 2.05) is 6.07 Å². The zero-order valence-corrected chi connectivity index (χ0v) is 13.0. The van der Waals surface area contributed by atoms with Crippen molar-refractivity contribution in [1.82, 2.24) is 0 Å². The van der Waals surface area contributed by atoms with Crippen molar-refractivity contribution in [3.05, 3.63) is 59.7 Å². The lowest BCUT2D eigenvalue weighted by Gasteiger charge is -2.13. The van der Waals surface area contributed by atoms with Crippen molar-refractivity contribution in [1.29, 1.82) is 0 Å². The van der Waals surface area contributed by atoms with Gasteiger partial charge in [0.15, 0.2) is 5.92 Å². The molecule has 1 unspecified atom stereocenters. The maximum atomic E-state index is 12.0. The van der Waals surface area contributed by atoms with Crippen LogP contribution in [0.25, 0.3) is 0 Å². The van der Waals surface area contributed by atoms with E-state index in [1.54, 1.807) is 42.5 Å². The fourth-order valence-corrected chi connectivity index (χ4v) is 2.28. The molecule has 0 radical (unpaired) electrons. The molecule has 0 aliphatic heterocycles. The van der Waals surface area contributed by atoms with Crippen LogP contribution in [0.4, 0.5) is 5.69 Å². The van der Waals surface area contributed by atoms with Crippen molar-refractivity contribution in [2.75, 3.05) is 5.73 Å².